The van der Waals surface area contributed by atoms with Crippen LogP contribution in [0, 0.1) is 11.6 Å². The van der Waals surface area contributed by atoms with E-state index >= 15 is 0 Å². The maximum Gasteiger partial charge on any atom is 0.267 e. The third kappa shape index (κ3) is 3.67. The van der Waals surface area contributed by atoms with Crippen LogP contribution < -0.4 is 5.56 Å². The lowest BCUT2D eigenvalue weighted by Gasteiger charge is -2.09. The Bertz CT molecular complexity index is 1130. The molecular formula is C20H14F2N4O. The van der Waals surface area contributed by atoms with Crippen molar-refractivity contribution in [2.75, 3.05) is 0 Å². The summed E-state index contributed by atoms with van der Waals surface area (Å²) in [5.41, 5.74) is 2.01. The number of rotatable bonds is 4. The van der Waals surface area contributed by atoms with Crippen molar-refractivity contribution < 1.29 is 8.78 Å². The molecule has 0 aliphatic heterocycles. The van der Waals surface area contributed by atoms with Gasteiger partial charge in [-0.15, -0.1) is 0 Å². The Kier molecular flexibility index (Phi) is 4.33. The van der Waals surface area contributed by atoms with Crippen LogP contribution in [0.3, 0.4) is 0 Å². The van der Waals surface area contributed by atoms with Crippen LogP contribution in [0.4, 0.5) is 8.78 Å². The molecular weight excluding hydrogens is 350 g/mol. The van der Waals surface area contributed by atoms with Gasteiger partial charge in [0, 0.05) is 35.7 Å². The van der Waals surface area contributed by atoms with Gasteiger partial charge in [0.15, 0.2) is 0 Å². The van der Waals surface area contributed by atoms with Gasteiger partial charge in [-0.05, 0) is 29.8 Å². The molecule has 4 aromatic rings. The number of H-pyrrole nitrogens is 1. The molecule has 0 atom stereocenters. The normalized spacial score (nSPS) is 10.9. The Morgan fingerprint density at radius 3 is 2.52 bits per heavy atom. The molecule has 1 N–H and O–H groups in total. The lowest BCUT2D eigenvalue weighted by Crippen LogP contribution is -2.22. The maximum absolute atomic E-state index is 13.5. The number of nitrogens with one attached hydrogen (secondary N) is 1. The third-order valence-electron chi connectivity index (χ3n) is 4.06. The van der Waals surface area contributed by atoms with Crippen molar-refractivity contribution in [3.05, 3.63) is 94.5 Å². The van der Waals surface area contributed by atoms with E-state index in [0.717, 1.165) is 23.0 Å². The Morgan fingerprint density at radius 1 is 0.963 bits per heavy atom. The molecule has 134 valence electrons. The summed E-state index contributed by atoms with van der Waals surface area (Å²) in [6.07, 6.45) is 3.39. The second kappa shape index (κ2) is 6.95. The average Bonchev–Trinajstić information content (AvgIpc) is 3.18. The highest BCUT2D eigenvalue weighted by Gasteiger charge is 2.08. The highest BCUT2D eigenvalue weighted by molar-refractivity contribution is 5.58. The Balaban J connectivity index is 1.69. The summed E-state index contributed by atoms with van der Waals surface area (Å²) in [5, 5.41) is 4.26. The van der Waals surface area contributed by atoms with E-state index in [1.807, 2.05) is 24.3 Å². The van der Waals surface area contributed by atoms with E-state index < -0.39 is 11.6 Å². The van der Waals surface area contributed by atoms with Gasteiger partial charge in [0.2, 0.25) is 0 Å². The molecule has 0 aliphatic carbocycles. The Hall–Kier alpha value is -3.61. The molecule has 0 saturated carbocycles. The van der Waals surface area contributed by atoms with Crippen molar-refractivity contribution in [1.82, 2.24) is 19.7 Å². The van der Waals surface area contributed by atoms with E-state index in [4.69, 9.17) is 0 Å². The van der Waals surface area contributed by atoms with Gasteiger partial charge < -0.3 is 4.98 Å². The molecule has 0 spiro atoms. The number of imidazole rings is 1. The van der Waals surface area contributed by atoms with E-state index in [-0.39, 0.29) is 17.7 Å². The quantitative estimate of drug-likeness (QED) is 0.601. The predicted molar refractivity (Wildman–Crippen MR) is 97.0 cm³/mol. The molecule has 2 aromatic carbocycles. The van der Waals surface area contributed by atoms with Crippen LogP contribution in [-0.2, 0) is 6.54 Å². The number of nitrogens with zero attached hydrogens (tertiary/aromatic N) is 3. The number of aromatic nitrogens is 4. The molecule has 0 saturated heterocycles. The number of hydrogen-bond donors (Lipinski definition) is 1. The lowest BCUT2D eigenvalue weighted by molar-refractivity contribution is 0.583. The van der Waals surface area contributed by atoms with E-state index in [2.05, 4.69) is 15.1 Å². The van der Waals surface area contributed by atoms with Crippen molar-refractivity contribution >= 4 is 0 Å². The number of hydrogen-bond acceptors (Lipinski definition) is 3. The van der Waals surface area contributed by atoms with Crippen molar-refractivity contribution in [2.24, 2.45) is 0 Å². The van der Waals surface area contributed by atoms with Crippen LogP contribution in [0.1, 0.15) is 5.56 Å². The minimum Gasteiger partial charge on any atom is -0.345 e. The second-order valence-electron chi connectivity index (χ2n) is 6.01. The molecule has 5 nitrogen and oxygen atoms in total. The molecule has 0 aliphatic rings. The van der Waals surface area contributed by atoms with Crippen LogP contribution in [0.5, 0.6) is 0 Å². The molecule has 0 fully saturated rings. The van der Waals surface area contributed by atoms with Gasteiger partial charge in [0.25, 0.3) is 5.56 Å². The predicted octanol–water partition coefficient (Wildman–Crippen LogP) is 3.63. The smallest absolute Gasteiger partial charge is 0.267 e. The van der Waals surface area contributed by atoms with Crippen LogP contribution >= 0.6 is 0 Å². The zero-order valence-electron chi connectivity index (χ0n) is 14.1. The van der Waals surface area contributed by atoms with Crippen molar-refractivity contribution in [1.29, 1.82) is 0 Å². The minimum absolute atomic E-state index is 0.221. The highest BCUT2D eigenvalue weighted by Crippen LogP contribution is 2.19. The van der Waals surface area contributed by atoms with Crippen molar-refractivity contribution in [3.8, 4) is 22.6 Å². The zero-order chi connectivity index (χ0) is 18.8. The fraction of sp³-hybridized carbons (Fsp3) is 0.0500. The van der Waals surface area contributed by atoms with Gasteiger partial charge in [0.1, 0.15) is 17.5 Å². The van der Waals surface area contributed by atoms with Crippen LogP contribution in [0.15, 0.2) is 71.8 Å². The molecule has 7 heteroatoms. The fourth-order valence-corrected chi connectivity index (χ4v) is 2.83. The molecule has 0 bridgehead atoms. The second-order valence-corrected chi connectivity index (χ2v) is 6.01. The minimum atomic E-state index is -0.698. The van der Waals surface area contributed by atoms with E-state index in [9.17, 15) is 13.6 Å². The number of benzene rings is 2. The average molecular weight is 364 g/mol. The summed E-state index contributed by atoms with van der Waals surface area (Å²) in [4.78, 5) is 19.4. The topological polar surface area (TPSA) is 63.6 Å². The summed E-state index contributed by atoms with van der Waals surface area (Å²) in [6.45, 7) is 0.221. The summed E-state index contributed by atoms with van der Waals surface area (Å²) in [7, 11) is 0. The summed E-state index contributed by atoms with van der Waals surface area (Å²) < 4.78 is 28.2. The molecule has 0 radical (unpaired) electrons. The first-order valence-electron chi connectivity index (χ1n) is 8.22. The molecule has 4 rings (SSSR count). The monoisotopic (exact) mass is 364 g/mol. The molecule has 2 heterocycles. The van der Waals surface area contributed by atoms with Crippen LogP contribution in [0.25, 0.3) is 22.6 Å². The van der Waals surface area contributed by atoms with Gasteiger partial charge in [-0.1, -0.05) is 18.2 Å². The van der Waals surface area contributed by atoms with Gasteiger partial charge in [-0.25, -0.2) is 18.4 Å². The van der Waals surface area contributed by atoms with Gasteiger partial charge >= 0.3 is 0 Å². The first-order valence-corrected chi connectivity index (χ1v) is 8.22. The summed E-state index contributed by atoms with van der Waals surface area (Å²) >= 11 is 0. The zero-order valence-corrected chi connectivity index (χ0v) is 14.1. The van der Waals surface area contributed by atoms with Crippen molar-refractivity contribution in [2.45, 2.75) is 6.54 Å². The van der Waals surface area contributed by atoms with Gasteiger partial charge in [0.05, 0.1) is 12.2 Å². The third-order valence-corrected chi connectivity index (χ3v) is 4.06. The van der Waals surface area contributed by atoms with Crippen LogP contribution in [-0.4, -0.2) is 19.7 Å². The molecule has 0 unspecified atom stereocenters. The number of halogens is 2. The largest absolute Gasteiger partial charge is 0.345 e. The highest BCUT2D eigenvalue weighted by atomic mass is 19.1. The SMILES string of the molecule is O=c1ccc(-c2cc(F)cc(F)c2)nn1Cc1cccc(-c2ncc[nH]2)c1. The number of aromatic amines is 1. The summed E-state index contributed by atoms with van der Waals surface area (Å²) in [6, 6.07) is 13.5. The fourth-order valence-electron chi connectivity index (χ4n) is 2.83. The molecule has 27 heavy (non-hydrogen) atoms. The molecule has 2 aromatic heterocycles. The van der Waals surface area contributed by atoms with Gasteiger partial charge in [-0.2, -0.15) is 5.10 Å². The van der Waals surface area contributed by atoms with Crippen LogP contribution in [0.2, 0.25) is 0 Å². The lowest BCUT2D eigenvalue weighted by atomic mass is 10.1. The van der Waals surface area contributed by atoms with Gasteiger partial charge in [-0.3, -0.25) is 4.79 Å². The Labute approximate surface area is 153 Å². The first kappa shape index (κ1) is 16.8. The standard InChI is InChI=1S/C20H14F2N4O/c21-16-9-15(10-17(22)11-16)18-4-5-19(27)26(25-18)12-13-2-1-3-14(8-13)20-23-6-7-24-20/h1-11H,12H2,(H,23,24). The summed E-state index contributed by atoms with van der Waals surface area (Å²) in [5.74, 6) is -0.674. The van der Waals surface area contributed by atoms with E-state index in [1.54, 1.807) is 12.4 Å². The van der Waals surface area contributed by atoms with E-state index in [0.29, 0.717) is 5.69 Å². The van der Waals surface area contributed by atoms with Crippen molar-refractivity contribution in [3.63, 3.8) is 0 Å². The maximum atomic E-state index is 13.5. The Morgan fingerprint density at radius 2 is 1.78 bits per heavy atom. The first-order chi connectivity index (χ1) is 13.1. The molecule has 0 amide bonds. The van der Waals surface area contributed by atoms with E-state index in [1.165, 1.54) is 28.9 Å².